The molecule has 0 aliphatic carbocycles. The van der Waals surface area contributed by atoms with Crippen LogP contribution in [0, 0.1) is 5.92 Å². The maximum absolute atomic E-state index is 13.1. The molecule has 0 saturated carbocycles. The number of ether oxygens (including phenoxy) is 4. The predicted molar refractivity (Wildman–Crippen MR) is 400 cm³/mol. The zero-order chi connectivity index (χ0) is 71.9. The number of rotatable bonds is 79. The lowest BCUT2D eigenvalue weighted by Crippen LogP contribution is -2.30. The third-order valence-electron chi connectivity index (χ3n) is 18.5. The van der Waals surface area contributed by atoms with Crippen LogP contribution < -0.4 is 0 Å². The summed E-state index contributed by atoms with van der Waals surface area (Å²) < 4.78 is 68.6. The summed E-state index contributed by atoms with van der Waals surface area (Å²) in [5.41, 5.74) is 0. The van der Waals surface area contributed by atoms with E-state index in [0.717, 1.165) is 102 Å². The van der Waals surface area contributed by atoms with Crippen LogP contribution in [0.15, 0.2) is 0 Å². The Morgan fingerprint density at radius 3 is 0.694 bits per heavy atom. The van der Waals surface area contributed by atoms with Crippen LogP contribution in [-0.2, 0) is 65.4 Å². The first-order valence-corrected chi connectivity index (χ1v) is 44.1. The van der Waals surface area contributed by atoms with Crippen molar-refractivity contribution in [1.29, 1.82) is 0 Å². The molecule has 0 saturated heterocycles. The van der Waals surface area contributed by atoms with Crippen LogP contribution in [0.4, 0.5) is 0 Å². The largest absolute Gasteiger partial charge is 0.472 e. The molecule has 5 atom stereocenters. The fraction of sp³-hybridized carbons (Fsp3) is 0.949. The second kappa shape index (κ2) is 72.0. The zero-order valence-corrected chi connectivity index (χ0v) is 65.7. The third kappa shape index (κ3) is 72.4. The molecule has 17 nitrogen and oxygen atoms in total. The van der Waals surface area contributed by atoms with Crippen molar-refractivity contribution in [3.8, 4) is 0 Å². The van der Waals surface area contributed by atoms with Crippen LogP contribution in [0.1, 0.15) is 420 Å². The number of hydrogen-bond donors (Lipinski definition) is 3. The summed E-state index contributed by atoms with van der Waals surface area (Å²) in [6.45, 7) is 7.28. The van der Waals surface area contributed by atoms with Crippen LogP contribution in [0.3, 0.4) is 0 Å². The van der Waals surface area contributed by atoms with Crippen LogP contribution in [-0.4, -0.2) is 96.7 Å². The molecule has 0 bridgehead atoms. The summed E-state index contributed by atoms with van der Waals surface area (Å²) in [5.74, 6) is -1.36. The molecule has 0 aromatic heterocycles. The lowest BCUT2D eigenvalue weighted by Gasteiger charge is -2.21. The van der Waals surface area contributed by atoms with Crippen LogP contribution >= 0.6 is 15.6 Å². The molecule has 0 aromatic rings. The number of esters is 4. The van der Waals surface area contributed by atoms with Crippen molar-refractivity contribution in [2.75, 3.05) is 39.6 Å². The highest BCUT2D eigenvalue weighted by molar-refractivity contribution is 7.47. The summed E-state index contributed by atoms with van der Waals surface area (Å²) in [6.07, 6.45) is 62.6. The molecule has 0 fully saturated rings. The Morgan fingerprint density at radius 1 is 0.276 bits per heavy atom. The van der Waals surface area contributed by atoms with E-state index in [9.17, 15) is 43.2 Å². The van der Waals surface area contributed by atoms with Crippen molar-refractivity contribution in [3.05, 3.63) is 0 Å². The van der Waals surface area contributed by atoms with Gasteiger partial charge in [0.15, 0.2) is 12.2 Å². The van der Waals surface area contributed by atoms with E-state index in [4.69, 9.17) is 37.0 Å². The average molecular weight is 1440 g/mol. The summed E-state index contributed by atoms with van der Waals surface area (Å²) in [7, 11) is -9.91. The minimum absolute atomic E-state index is 0.106. The van der Waals surface area contributed by atoms with Crippen molar-refractivity contribution < 1.29 is 80.2 Å². The van der Waals surface area contributed by atoms with E-state index in [1.807, 2.05) is 0 Å². The number of hydrogen-bond acceptors (Lipinski definition) is 15. The van der Waals surface area contributed by atoms with Gasteiger partial charge in [-0.1, -0.05) is 369 Å². The number of aliphatic hydroxyl groups is 1. The lowest BCUT2D eigenvalue weighted by molar-refractivity contribution is -0.161. The molecule has 582 valence electrons. The van der Waals surface area contributed by atoms with Crippen LogP contribution in [0.2, 0.25) is 0 Å². The molecule has 0 radical (unpaired) electrons. The van der Waals surface area contributed by atoms with E-state index in [1.165, 1.54) is 238 Å². The highest BCUT2D eigenvalue weighted by atomic mass is 31.2. The molecular weight excluding hydrogens is 1280 g/mol. The summed E-state index contributed by atoms with van der Waals surface area (Å²) in [5, 5.41) is 10.6. The Hall–Kier alpha value is -1.94. The van der Waals surface area contributed by atoms with Crippen molar-refractivity contribution in [1.82, 2.24) is 0 Å². The molecule has 0 amide bonds. The van der Waals surface area contributed by atoms with Gasteiger partial charge in [-0.3, -0.25) is 37.3 Å². The van der Waals surface area contributed by atoms with Gasteiger partial charge in [0.25, 0.3) is 0 Å². The normalized spacial score (nSPS) is 13.9. The number of carbonyl (C=O) groups is 4. The van der Waals surface area contributed by atoms with E-state index < -0.39 is 97.5 Å². The maximum Gasteiger partial charge on any atom is 0.472 e. The van der Waals surface area contributed by atoms with Crippen molar-refractivity contribution >= 4 is 39.5 Å². The average Bonchev–Trinajstić information content (AvgIpc) is 0.947. The predicted octanol–water partition coefficient (Wildman–Crippen LogP) is 23.6. The van der Waals surface area contributed by atoms with Crippen LogP contribution in [0.5, 0.6) is 0 Å². The molecule has 0 aliphatic heterocycles. The van der Waals surface area contributed by atoms with E-state index in [1.54, 1.807) is 0 Å². The fourth-order valence-electron chi connectivity index (χ4n) is 12.2. The molecule has 0 aliphatic rings. The van der Waals surface area contributed by atoms with E-state index >= 15 is 0 Å². The maximum atomic E-state index is 13.1. The molecule has 98 heavy (non-hydrogen) atoms. The van der Waals surface area contributed by atoms with E-state index in [2.05, 4.69) is 34.6 Å². The summed E-state index contributed by atoms with van der Waals surface area (Å²) >= 11 is 0. The number of phosphoric acid groups is 2. The first kappa shape index (κ1) is 96.1. The smallest absolute Gasteiger partial charge is 0.462 e. The first-order chi connectivity index (χ1) is 47.5. The first-order valence-electron chi connectivity index (χ1n) is 41.1. The molecule has 19 heteroatoms. The van der Waals surface area contributed by atoms with Gasteiger partial charge in [0.1, 0.15) is 19.3 Å². The number of carbonyl (C=O) groups excluding carboxylic acids is 4. The Kier molecular flexibility index (Phi) is 70.6. The number of phosphoric ester groups is 2. The van der Waals surface area contributed by atoms with Gasteiger partial charge in [0, 0.05) is 25.7 Å². The number of aliphatic hydroxyl groups excluding tert-OH is 1. The van der Waals surface area contributed by atoms with Gasteiger partial charge in [-0.2, -0.15) is 0 Å². The monoisotopic (exact) mass is 1440 g/mol. The Morgan fingerprint density at radius 2 is 0.469 bits per heavy atom. The van der Waals surface area contributed by atoms with Gasteiger partial charge < -0.3 is 33.8 Å². The highest BCUT2D eigenvalue weighted by Crippen LogP contribution is 2.45. The number of unbranched alkanes of at least 4 members (excludes halogenated alkanes) is 51. The van der Waals surface area contributed by atoms with Gasteiger partial charge in [-0.05, 0) is 31.6 Å². The minimum atomic E-state index is -4.96. The fourth-order valence-corrected chi connectivity index (χ4v) is 13.8. The van der Waals surface area contributed by atoms with Gasteiger partial charge in [-0.15, -0.1) is 0 Å². The van der Waals surface area contributed by atoms with Gasteiger partial charge >= 0.3 is 39.5 Å². The molecule has 0 aromatic carbocycles. The standard InChI is InChI=1S/C79H154O17P2/c1-6-9-12-15-18-21-23-25-27-29-30-31-32-33-35-37-39-44-49-54-59-64-78(83)96-75(69-90-77(82)63-58-53-48-43-38-36-34-28-26-24-22-19-16-13-10-7-2)71-94-98(87,88)92-67-73(80)66-91-97(85,86)93-70-74(68-89-76(81)62-57-52-47-20-17-14-11-8-3)95-79(84)65-60-55-50-45-41-40-42-46-51-56-61-72(4)5/h72-75,80H,6-71H2,1-5H3,(H,85,86)(H,87,88)/t73-,74+,75+/m0/s1. The van der Waals surface area contributed by atoms with Crippen molar-refractivity contribution in [2.24, 2.45) is 5.92 Å². The quantitative estimate of drug-likeness (QED) is 0.0222. The highest BCUT2D eigenvalue weighted by Gasteiger charge is 2.30. The van der Waals surface area contributed by atoms with Gasteiger partial charge in [0.2, 0.25) is 0 Å². The second-order valence-corrected chi connectivity index (χ2v) is 31.8. The Bertz CT molecular complexity index is 1870. The molecule has 0 heterocycles. The van der Waals surface area contributed by atoms with E-state index in [0.29, 0.717) is 25.7 Å². The second-order valence-electron chi connectivity index (χ2n) is 28.9. The Balaban J connectivity index is 5.18. The van der Waals surface area contributed by atoms with Crippen molar-refractivity contribution in [2.45, 2.75) is 438 Å². The van der Waals surface area contributed by atoms with E-state index in [-0.39, 0.29) is 25.7 Å². The summed E-state index contributed by atoms with van der Waals surface area (Å²) in [4.78, 5) is 72.8. The van der Waals surface area contributed by atoms with Crippen molar-refractivity contribution in [3.63, 3.8) is 0 Å². The topological polar surface area (TPSA) is 237 Å². The van der Waals surface area contributed by atoms with Gasteiger partial charge in [-0.25, -0.2) is 9.13 Å². The SMILES string of the molecule is CCCCCCCCCCCCCCCCCCCCCCCC(=O)O[C@H](COC(=O)CCCCCCCCCCCCCCCCCC)COP(=O)(O)OC[C@@H](O)COP(=O)(O)OC[C@@H](COC(=O)CCCCCCCCCC)OC(=O)CCCCCCCCCCCCC(C)C. The molecule has 3 N–H and O–H groups in total. The zero-order valence-electron chi connectivity index (χ0n) is 63.9. The summed E-state index contributed by atoms with van der Waals surface area (Å²) in [6, 6.07) is 0. The third-order valence-corrected chi connectivity index (χ3v) is 20.4. The minimum Gasteiger partial charge on any atom is -0.462 e. The van der Waals surface area contributed by atoms with Gasteiger partial charge in [0.05, 0.1) is 26.4 Å². The molecular formula is C79H154O17P2. The molecule has 0 rings (SSSR count). The molecule has 2 unspecified atom stereocenters. The molecule has 0 spiro atoms. The Labute approximate surface area is 600 Å². The van der Waals surface area contributed by atoms with Crippen LogP contribution in [0.25, 0.3) is 0 Å². The lowest BCUT2D eigenvalue weighted by atomic mass is 10.0.